The zero-order chi connectivity index (χ0) is 13.8. The summed E-state index contributed by atoms with van der Waals surface area (Å²) in [6, 6.07) is 5.70. The van der Waals surface area contributed by atoms with Crippen molar-refractivity contribution in [1.29, 1.82) is 0 Å². The minimum atomic E-state index is -0.588. The summed E-state index contributed by atoms with van der Waals surface area (Å²) in [7, 11) is 0. The zero-order valence-corrected chi connectivity index (χ0v) is 10.8. The second-order valence-corrected chi connectivity index (χ2v) is 4.97. The molecule has 1 aromatic rings. The van der Waals surface area contributed by atoms with Crippen molar-refractivity contribution in [1.82, 2.24) is 5.32 Å². The molecule has 0 aliphatic rings. The molecule has 0 aromatic heterocycles. The number of nitrogens with one attached hydrogen (secondary N) is 1. The number of hydrogen-bond acceptors (Lipinski definition) is 4. The van der Waals surface area contributed by atoms with Gasteiger partial charge in [0.2, 0.25) is 0 Å². The Morgan fingerprint density at radius 2 is 1.89 bits per heavy atom. The summed E-state index contributed by atoms with van der Waals surface area (Å²) in [4.78, 5) is 11.6. The van der Waals surface area contributed by atoms with E-state index in [2.05, 4.69) is 5.32 Å². The summed E-state index contributed by atoms with van der Waals surface area (Å²) < 4.78 is 5.10. The molecule has 3 N–H and O–H groups in total. The number of aliphatic hydroxyl groups is 1. The summed E-state index contributed by atoms with van der Waals surface area (Å²) in [5.74, 6) is 0.132. The highest BCUT2D eigenvalue weighted by Gasteiger charge is 2.19. The van der Waals surface area contributed by atoms with Crippen molar-refractivity contribution in [3.63, 3.8) is 0 Å². The van der Waals surface area contributed by atoms with Crippen LogP contribution in [0.15, 0.2) is 24.3 Å². The van der Waals surface area contributed by atoms with Gasteiger partial charge < -0.3 is 20.3 Å². The van der Waals surface area contributed by atoms with Crippen LogP contribution in [0, 0.1) is 0 Å². The molecule has 0 fully saturated rings. The van der Waals surface area contributed by atoms with Crippen LogP contribution in [0.2, 0.25) is 0 Å². The molecule has 5 heteroatoms. The summed E-state index contributed by atoms with van der Waals surface area (Å²) in [5.41, 5.74) is 0.111. The van der Waals surface area contributed by atoms with E-state index in [1.807, 2.05) is 0 Å². The highest BCUT2D eigenvalue weighted by molar-refractivity contribution is 5.68. The lowest BCUT2D eigenvalue weighted by molar-refractivity contribution is 0.0482. The average Bonchev–Trinajstić information content (AvgIpc) is 2.25. The minimum absolute atomic E-state index is 0.132. The molecular formula is C13H19NO4. The lowest BCUT2D eigenvalue weighted by Crippen LogP contribution is -2.36. The Kier molecular flexibility index (Phi) is 4.55. The van der Waals surface area contributed by atoms with Crippen molar-refractivity contribution in [2.24, 2.45) is 0 Å². The molecule has 18 heavy (non-hydrogen) atoms. The number of aliphatic hydroxyl groups excluding tert-OH is 1. The van der Waals surface area contributed by atoms with Gasteiger partial charge in [0.1, 0.15) is 11.4 Å². The normalized spacial score (nSPS) is 12.9. The van der Waals surface area contributed by atoms with Crippen LogP contribution in [0.5, 0.6) is 5.75 Å². The highest BCUT2D eigenvalue weighted by Crippen LogP contribution is 2.17. The van der Waals surface area contributed by atoms with Gasteiger partial charge in [-0.3, -0.25) is 0 Å². The van der Waals surface area contributed by atoms with E-state index < -0.39 is 17.7 Å². The molecule has 0 radical (unpaired) electrons. The molecule has 1 unspecified atom stereocenters. The number of phenolic OH excluding ortho intramolecular Hbond substituents is 1. The quantitative estimate of drug-likeness (QED) is 0.769. The Morgan fingerprint density at radius 3 is 2.33 bits per heavy atom. The number of ether oxygens (including phenoxy) is 1. The number of benzene rings is 1. The van der Waals surface area contributed by atoms with E-state index >= 15 is 0 Å². The van der Waals surface area contributed by atoms with E-state index in [0.29, 0.717) is 5.56 Å². The Hall–Kier alpha value is -1.75. The molecule has 0 saturated carbocycles. The minimum Gasteiger partial charge on any atom is -0.508 e. The predicted octanol–water partition coefficient (Wildman–Crippen LogP) is 1.95. The molecule has 0 spiro atoms. The summed E-state index contributed by atoms with van der Waals surface area (Å²) >= 11 is 0. The second kappa shape index (κ2) is 5.73. The summed E-state index contributed by atoms with van der Waals surface area (Å²) in [5, 5.41) is 21.0. The predicted molar refractivity (Wildman–Crippen MR) is 67.3 cm³/mol. The number of hydrogen-bond donors (Lipinski definition) is 3. The van der Waals surface area contributed by atoms with Crippen LogP contribution in [-0.2, 0) is 4.74 Å². The van der Waals surface area contributed by atoms with Crippen LogP contribution in [0.25, 0.3) is 0 Å². The number of aromatic hydroxyl groups is 1. The number of carbonyl (C=O) groups excluding carboxylic acids is 1. The fourth-order valence-corrected chi connectivity index (χ4v) is 1.39. The van der Waals surface area contributed by atoms with Crippen LogP contribution in [0.3, 0.4) is 0 Å². The molecule has 1 rings (SSSR count). The first-order valence-corrected chi connectivity index (χ1v) is 5.71. The van der Waals surface area contributed by atoms with Gasteiger partial charge in [-0.05, 0) is 38.5 Å². The van der Waals surface area contributed by atoms with E-state index in [1.165, 1.54) is 12.1 Å². The zero-order valence-electron chi connectivity index (χ0n) is 10.8. The highest BCUT2D eigenvalue weighted by atomic mass is 16.6. The van der Waals surface area contributed by atoms with Crippen molar-refractivity contribution < 1.29 is 19.7 Å². The van der Waals surface area contributed by atoms with Crippen LogP contribution in [-0.4, -0.2) is 28.5 Å². The molecule has 0 bridgehead atoms. The molecule has 1 atom stereocenters. The van der Waals surface area contributed by atoms with Crippen molar-refractivity contribution in [3.8, 4) is 5.75 Å². The molecule has 5 nitrogen and oxygen atoms in total. The van der Waals surface area contributed by atoms with E-state index in [-0.39, 0.29) is 12.4 Å². The molecule has 100 valence electrons. The van der Waals surface area contributed by atoms with Gasteiger partial charge in [-0.2, -0.15) is 0 Å². The third-order valence-electron chi connectivity index (χ3n) is 2.17. The number of carbonyl (C=O) groups is 1. The Balaban J connectivity index is 2.68. The molecule has 1 amide bonds. The summed E-state index contributed by atoms with van der Waals surface area (Å²) in [6.07, 6.45) is -0.588. The van der Waals surface area contributed by atoms with Gasteiger partial charge in [0.15, 0.2) is 0 Å². The van der Waals surface area contributed by atoms with Crippen LogP contribution in [0.4, 0.5) is 4.79 Å². The van der Waals surface area contributed by atoms with Crippen LogP contribution >= 0.6 is 0 Å². The van der Waals surface area contributed by atoms with Crippen LogP contribution < -0.4 is 5.32 Å². The lowest BCUT2D eigenvalue weighted by atomic mass is 10.1. The van der Waals surface area contributed by atoms with Crippen molar-refractivity contribution >= 4 is 6.09 Å². The number of phenols is 1. The smallest absolute Gasteiger partial charge is 0.408 e. The average molecular weight is 253 g/mol. The van der Waals surface area contributed by atoms with E-state index in [4.69, 9.17) is 4.74 Å². The maximum Gasteiger partial charge on any atom is 0.408 e. The first-order valence-electron chi connectivity index (χ1n) is 5.71. The second-order valence-electron chi connectivity index (χ2n) is 4.97. The van der Waals surface area contributed by atoms with Gasteiger partial charge in [-0.15, -0.1) is 0 Å². The maximum absolute atomic E-state index is 11.6. The number of rotatable bonds is 3. The lowest BCUT2D eigenvalue weighted by Gasteiger charge is -2.23. The maximum atomic E-state index is 11.6. The van der Waals surface area contributed by atoms with Gasteiger partial charge in [0.05, 0.1) is 12.6 Å². The largest absolute Gasteiger partial charge is 0.508 e. The number of alkyl carbamates (subject to hydrolysis) is 1. The first kappa shape index (κ1) is 14.3. The van der Waals surface area contributed by atoms with Gasteiger partial charge in [-0.25, -0.2) is 4.79 Å². The molecular weight excluding hydrogens is 234 g/mol. The van der Waals surface area contributed by atoms with Crippen molar-refractivity contribution in [2.45, 2.75) is 32.4 Å². The van der Waals surface area contributed by atoms with E-state index in [0.717, 1.165) is 0 Å². The molecule has 0 saturated heterocycles. The Bertz CT molecular complexity index is 394. The Labute approximate surface area is 106 Å². The van der Waals surface area contributed by atoms with Crippen molar-refractivity contribution in [3.05, 3.63) is 29.8 Å². The van der Waals surface area contributed by atoms with Crippen molar-refractivity contribution in [2.75, 3.05) is 6.61 Å². The monoisotopic (exact) mass is 253 g/mol. The van der Waals surface area contributed by atoms with Crippen LogP contribution in [0.1, 0.15) is 32.4 Å². The standard InChI is InChI=1S/C13H19NO4/c1-13(2,3)18-12(17)14-11(8-15)9-4-6-10(16)7-5-9/h4-7,11,15-16H,8H2,1-3H3,(H,14,17). The first-order chi connectivity index (χ1) is 8.31. The van der Waals surface area contributed by atoms with E-state index in [1.54, 1.807) is 32.9 Å². The van der Waals surface area contributed by atoms with Gasteiger partial charge in [0, 0.05) is 0 Å². The molecule has 1 aromatic carbocycles. The fraction of sp³-hybridized carbons (Fsp3) is 0.462. The van der Waals surface area contributed by atoms with Gasteiger partial charge in [-0.1, -0.05) is 12.1 Å². The summed E-state index contributed by atoms with van der Waals surface area (Å²) in [6.45, 7) is 5.05. The molecule has 0 heterocycles. The number of amides is 1. The topological polar surface area (TPSA) is 78.8 Å². The third kappa shape index (κ3) is 4.63. The molecule has 0 aliphatic heterocycles. The van der Waals surface area contributed by atoms with Gasteiger partial charge >= 0.3 is 6.09 Å². The van der Waals surface area contributed by atoms with E-state index in [9.17, 15) is 15.0 Å². The SMILES string of the molecule is CC(C)(C)OC(=O)NC(CO)c1ccc(O)cc1. The third-order valence-corrected chi connectivity index (χ3v) is 2.17. The fourth-order valence-electron chi connectivity index (χ4n) is 1.39. The Morgan fingerprint density at radius 1 is 1.33 bits per heavy atom. The molecule has 0 aliphatic carbocycles. The van der Waals surface area contributed by atoms with Gasteiger partial charge in [0.25, 0.3) is 0 Å².